The van der Waals surface area contributed by atoms with Gasteiger partial charge in [0.15, 0.2) is 0 Å². The van der Waals surface area contributed by atoms with Crippen LogP contribution in [0.4, 0.5) is 11.4 Å². The fourth-order valence-electron chi connectivity index (χ4n) is 1.68. The molecule has 0 spiro atoms. The average molecular weight is 249 g/mol. The molecule has 1 aromatic heterocycles. The zero-order valence-electron chi connectivity index (χ0n) is 9.64. The summed E-state index contributed by atoms with van der Waals surface area (Å²) in [7, 11) is -0.780. The summed E-state index contributed by atoms with van der Waals surface area (Å²) in [5.41, 5.74) is 8.32. The van der Waals surface area contributed by atoms with Gasteiger partial charge in [0.1, 0.15) is 0 Å². The molecule has 0 bridgehead atoms. The van der Waals surface area contributed by atoms with Crippen LogP contribution in [0.3, 0.4) is 0 Å². The SMILES string of the molecule is CS(=O)CCNc1ccnc2c(N)cccc12. The molecule has 1 atom stereocenters. The van der Waals surface area contributed by atoms with Crippen molar-refractivity contribution >= 4 is 33.1 Å². The third-order valence-corrected chi connectivity index (χ3v) is 3.29. The van der Waals surface area contributed by atoms with Crippen LogP contribution in [-0.2, 0) is 10.8 Å². The molecule has 1 unspecified atom stereocenters. The Balaban J connectivity index is 2.28. The summed E-state index contributed by atoms with van der Waals surface area (Å²) in [5, 5.41) is 4.25. The summed E-state index contributed by atoms with van der Waals surface area (Å²) in [6.07, 6.45) is 3.42. The molecule has 0 amide bonds. The van der Waals surface area contributed by atoms with Gasteiger partial charge in [-0.25, -0.2) is 0 Å². The maximum Gasteiger partial charge on any atom is 0.0951 e. The van der Waals surface area contributed by atoms with Crippen molar-refractivity contribution in [2.75, 3.05) is 29.6 Å². The molecule has 5 heteroatoms. The summed E-state index contributed by atoms with van der Waals surface area (Å²) in [5.74, 6) is 0.631. The van der Waals surface area contributed by atoms with Crippen molar-refractivity contribution in [1.82, 2.24) is 4.98 Å². The zero-order valence-corrected chi connectivity index (χ0v) is 10.5. The van der Waals surface area contributed by atoms with Crippen molar-refractivity contribution in [3.05, 3.63) is 30.5 Å². The number of nitrogens with one attached hydrogen (secondary N) is 1. The second-order valence-corrected chi connectivity index (χ2v) is 5.36. The minimum absolute atomic E-state index is 0.631. The summed E-state index contributed by atoms with van der Waals surface area (Å²) in [6, 6.07) is 7.62. The predicted molar refractivity (Wildman–Crippen MR) is 73.6 cm³/mol. The quantitative estimate of drug-likeness (QED) is 0.808. The summed E-state index contributed by atoms with van der Waals surface area (Å²) < 4.78 is 11.0. The minimum Gasteiger partial charge on any atom is -0.397 e. The highest BCUT2D eigenvalue weighted by Crippen LogP contribution is 2.25. The number of fused-ring (bicyclic) bond motifs is 1. The van der Waals surface area contributed by atoms with Crippen LogP contribution < -0.4 is 11.1 Å². The number of rotatable bonds is 4. The van der Waals surface area contributed by atoms with Crippen molar-refractivity contribution in [2.24, 2.45) is 0 Å². The van der Waals surface area contributed by atoms with Gasteiger partial charge in [-0.1, -0.05) is 12.1 Å². The van der Waals surface area contributed by atoms with Crippen LogP contribution in [0.15, 0.2) is 30.5 Å². The predicted octanol–water partition coefficient (Wildman–Crippen LogP) is 1.61. The van der Waals surface area contributed by atoms with E-state index in [0.717, 1.165) is 16.6 Å². The molecule has 0 aliphatic rings. The Morgan fingerprint density at radius 3 is 3.00 bits per heavy atom. The average Bonchev–Trinajstić information content (AvgIpc) is 2.30. The highest BCUT2D eigenvalue weighted by atomic mass is 32.2. The van der Waals surface area contributed by atoms with Gasteiger partial charge in [-0.2, -0.15) is 0 Å². The van der Waals surface area contributed by atoms with E-state index in [1.165, 1.54) is 0 Å². The van der Waals surface area contributed by atoms with Gasteiger partial charge in [0.2, 0.25) is 0 Å². The van der Waals surface area contributed by atoms with Crippen LogP contribution >= 0.6 is 0 Å². The number of aromatic nitrogens is 1. The zero-order chi connectivity index (χ0) is 12.3. The molecule has 4 nitrogen and oxygen atoms in total. The Labute approximate surface area is 103 Å². The molecule has 0 aliphatic heterocycles. The maximum absolute atomic E-state index is 11.0. The summed E-state index contributed by atoms with van der Waals surface area (Å²) in [6.45, 7) is 0.678. The molecule has 90 valence electrons. The molecule has 0 aliphatic carbocycles. The van der Waals surface area contributed by atoms with E-state index in [0.29, 0.717) is 18.0 Å². The smallest absolute Gasteiger partial charge is 0.0951 e. The molecule has 0 saturated carbocycles. The number of nitrogens with two attached hydrogens (primary N) is 1. The molecular weight excluding hydrogens is 234 g/mol. The van der Waals surface area contributed by atoms with Crippen LogP contribution in [-0.4, -0.2) is 27.7 Å². The topological polar surface area (TPSA) is 68.0 Å². The van der Waals surface area contributed by atoms with E-state index in [9.17, 15) is 4.21 Å². The molecular formula is C12H15N3OS. The lowest BCUT2D eigenvalue weighted by molar-refractivity contribution is 0.687. The standard InChI is InChI=1S/C12H15N3OS/c1-17(16)8-7-14-11-5-6-15-12-9(11)3-2-4-10(12)13/h2-6H,7-8,13H2,1H3,(H,14,15). The number of benzene rings is 1. The van der Waals surface area contributed by atoms with E-state index in [2.05, 4.69) is 10.3 Å². The van der Waals surface area contributed by atoms with Gasteiger partial charge < -0.3 is 11.1 Å². The lowest BCUT2D eigenvalue weighted by Gasteiger charge is -2.09. The van der Waals surface area contributed by atoms with Crippen molar-refractivity contribution in [3.63, 3.8) is 0 Å². The Morgan fingerprint density at radius 1 is 1.41 bits per heavy atom. The Bertz CT molecular complexity index is 556. The van der Waals surface area contributed by atoms with Gasteiger partial charge in [0.25, 0.3) is 0 Å². The molecule has 2 aromatic rings. The molecule has 0 saturated heterocycles. The lowest BCUT2D eigenvalue weighted by Crippen LogP contribution is -2.10. The number of para-hydroxylation sites is 1. The van der Waals surface area contributed by atoms with Crippen LogP contribution in [0, 0.1) is 0 Å². The first-order valence-electron chi connectivity index (χ1n) is 5.35. The number of anilines is 2. The van der Waals surface area contributed by atoms with Gasteiger partial charge in [0, 0.05) is 46.6 Å². The molecule has 1 heterocycles. The maximum atomic E-state index is 11.0. The van der Waals surface area contributed by atoms with Gasteiger partial charge in [-0.05, 0) is 12.1 Å². The van der Waals surface area contributed by atoms with Crippen LogP contribution in [0.1, 0.15) is 0 Å². The molecule has 1 aromatic carbocycles. The highest BCUT2D eigenvalue weighted by molar-refractivity contribution is 7.84. The number of hydrogen-bond acceptors (Lipinski definition) is 4. The minimum atomic E-state index is -0.780. The van der Waals surface area contributed by atoms with E-state index in [4.69, 9.17) is 5.73 Å². The van der Waals surface area contributed by atoms with E-state index in [1.807, 2.05) is 24.3 Å². The van der Waals surface area contributed by atoms with Crippen molar-refractivity contribution in [2.45, 2.75) is 0 Å². The van der Waals surface area contributed by atoms with E-state index < -0.39 is 10.8 Å². The molecule has 17 heavy (non-hydrogen) atoms. The van der Waals surface area contributed by atoms with E-state index in [-0.39, 0.29) is 0 Å². The van der Waals surface area contributed by atoms with Crippen LogP contribution in [0.5, 0.6) is 0 Å². The summed E-state index contributed by atoms with van der Waals surface area (Å²) >= 11 is 0. The largest absolute Gasteiger partial charge is 0.397 e. The number of hydrogen-bond donors (Lipinski definition) is 2. The monoisotopic (exact) mass is 249 g/mol. The third-order valence-electron chi connectivity index (χ3n) is 2.51. The first-order valence-corrected chi connectivity index (χ1v) is 7.08. The van der Waals surface area contributed by atoms with E-state index >= 15 is 0 Å². The Hall–Kier alpha value is -1.62. The van der Waals surface area contributed by atoms with Crippen molar-refractivity contribution in [1.29, 1.82) is 0 Å². The first kappa shape index (κ1) is 11.9. The molecule has 3 N–H and O–H groups in total. The van der Waals surface area contributed by atoms with Crippen LogP contribution in [0.25, 0.3) is 10.9 Å². The number of pyridine rings is 1. The fourth-order valence-corrected chi connectivity index (χ4v) is 2.07. The fraction of sp³-hybridized carbons (Fsp3) is 0.250. The first-order chi connectivity index (χ1) is 8.18. The van der Waals surface area contributed by atoms with Gasteiger partial charge in [-0.3, -0.25) is 9.19 Å². The van der Waals surface area contributed by atoms with Crippen molar-refractivity contribution in [3.8, 4) is 0 Å². The molecule has 2 rings (SSSR count). The molecule has 0 fully saturated rings. The third kappa shape index (κ3) is 2.74. The number of nitrogen functional groups attached to an aromatic ring is 1. The second kappa shape index (κ2) is 5.14. The van der Waals surface area contributed by atoms with Gasteiger partial charge in [-0.15, -0.1) is 0 Å². The Morgan fingerprint density at radius 2 is 2.24 bits per heavy atom. The van der Waals surface area contributed by atoms with Gasteiger partial charge in [0.05, 0.1) is 11.2 Å². The Kier molecular flexibility index (Phi) is 3.58. The van der Waals surface area contributed by atoms with Crippen molar-refractivity contribution < 1.29 is 4.21 Å². The molecule has 0 radical (unpaired) electrons. The second-order valence-electron chi connectivity index (χ2n) is 3.81. The van der Waals surface area contributed by atoms with Gasteiger partial charge >= 0.3 is 0 Å². The lowest BCUT2D eigenvalue weighted by atomic mass is 10.1. The van der Waals surface area contributed by atoms with E-state index in [1.54, 1.807) is 12.5 Å². The highest BCUT2D eigenvalue weighted by Gasteiger charge is 2.03. The summed E-state index contributed by atoms with van der Waals surface area (Å²) in [4.78, 5) is 4.26. The normalized spacial score (nSPS) is 12.5. The van der Waals surface area contributed by atoms with Crippen LogP contribution in [0.2, 0.25) is 0 Å². The number of nitrogens with zero attached hydrogens (tertiary/aromatic N) is 1.